The minimum Gasteiger partial charge on any atom is -0.429 e. The van der Waals surface area contributed by atoms with Gasteiger partial charge in [0.2, 0.25) is 0 Å². The Bertz CT molecular complexity index is 22.3. The van der Waals surface area contributed by atoms with Gasteiger partial charge in [0, 0.05) is 0 Å². The van der Waals surface area contributed by atoms with Gasteiger partial charge < -0.3 is 10.0 Å². The SMILES string of the molecule is C=C.C=C.C=C.O[B]O. The molecule has 0 bridgehead atoms. The fourth-order valence-electron chi connectivity index (χ4n) is 0. The maximum atomic E-state index is 7.00. The van der Waals surface area contributed by atoms with Crippen LogP contribution in [0.15, 0.2) is 39.5 Å². The molecule has 0 aromatic rings. The van der Waals surface area contributed by atoms with E-state index in [0.717, 1.165) is 0 Å². The Balaban J connectivity index is -0.0000000190. The molecule has 0 amide bonds. The molecule has 53 valence electrons. The van der Waals surface area contributed by atoms with E-state index in [1.807, 2.05) is 0 Å². The van der Waals surface area contributed by atoms with E-state index in [2.05, 4.69) is 39.5 Å². The lowest BCUT2D eigenvalue weighted by Gasteiger charge is -1.46. The average Bonchev–Trinajstić information content (AvgIpc) is 2.01. The van der Waals surface area contributed by atoms with Crippen molar-refractivity contribution in [2.75, 3.05) is 0 Å². The van der Waals surface area contributed by atoms with E-state index in [4.69, 9.17) is 10.0 Å². The summed E-state index contributed by atoms with van der Waals surface area (Å²) in [6, 6.07) is 0. The maximum absolute atomic E-state index is 7.00. The van der Waals surface area contributed by atoms with Gasteiger partial charge in [-0.15, -0.1) is 39.5 Å². The van der Waals surface area contributed by atoms with Gasteiger partial charge in [-0.1, -0.05) is 0 Å². The summed E-state index contributed by atoms with van der Waals surface area (Å²) in [7, 11) is 0. The monoisotopic (exact) mass is 129 g/mol. The van der Waals surface area contributed by atoms with Gasteiger partial charge in [0.1, 0.15) is 0 Å². The van der Waals surface area contributed by atoms with Gasteiger partial charge in [0.15, 0.2) is 0 Å². The Morgan fingerprint density at radius 2 is 0.667 bits per heavy atom. The average molecular weight is 129 g/mol. The van der Waals surface area contributed by atoms with Crippen LogP contribution in [-0.2, 0) is 0 Å². The van der Waals surface area contributed by atoms with Gasteiger partial charge >= 0.3 is 7.69 Å². The summed E-state index contributed by atoms with van der Waals surface area (Å²) in [5.41, 5.74) is 0. The van der Waals surface area contributed by atoms with Crippen molar-refractivity contribution in [1.82, 2.24) is 0 Å². The molecule has 0 aliphatic rings. The van der Waals surface area contributed by atoms with Gasteiger partial charge in [-0.2, -0.15) is 0 Å². The summed E-state index contributed by atoms with van der Waals surface area (Å²) in [5.74, 6) is 0. The molecule has 0 fully saturated rings. The number of hydrogen-bond donors (Lipinski definition) is 2. The maximum Gasteiger partial charge on any atom is 0.482 e. The van der Waals surface area contributed by atoms with E-state index >= 15 is 0 Å². The lowest BCUT2D eigenvalue weighted by molar-refractivity contribution is 0.448. The Hall–Kier alpha value is -0.795. The molecule has 9 heavy (non-hydrogen) atoms. The Kier molecular flexibility index (Phi) is 17700. The van der Waals surface area contributed by atoms with Crippen LogP contribution in [0.3, 0.4) is 0 Å². The molecule has 0 heterocycles. The van der Waals surface area contributed by atoms with Crippen molar-refractivity contribution in [2.24, 2.45) is 0 Å². The molecule has 0 saturated carbocycles. The van der Waals surface area contributed by atoms with Crippen LogP contribution in [0.25, 0.3) is 0 Å². The van der Waals surface area contributed by atoms with Crippen molar-refractivity contribution >= 4 is 7.69 Å². The highest BCUT2D eigenvalue weighted by atomic mass is 16.4. The third-order valence-electron chi connectivity index (χ3n) is 0. The Morgan fingerprint density at radius 1 is 0.667 bits per heavy atom. The van der Waals surface area contributed by atoms with Gasteiger partial charge in [-0.3, -0.25) is 0 Å². The summed E-state index contributed by atoms with van der Waals surface area (Å²) in [6.07, 6.45) is 0. The molecule has 0 atom stereocenters. The van der Waals surface area contributed by atoms with Crippen molar-refractivity contribution in [3.05, 3.63) is 39.5 Å². The molecule has 0 spiro atoms. The number of hydrogen-bond acceptors (Lipinski definition) is 2. The third kappa shape index (κ3) is 309. The molecular weight excluding hydrogens is 115 g/mol. The van der Waals surface area contributed by atoms with Crippen molar-refractivity contribution in [1.29, 1.82) is 0 Å². The van der Waals surface area contributed by atoms with E-state index in [9.17, 15) is 0 Å². The standard InChI is InChI=1S/3C2H4.BH2O2/c3*1-2;2-1-3/h3*1-2H2;2-3H. The fraction of sp³-hybridized carbons (Fsp3) is 0. The highest BCUT2D eigenvalue weighted by Crippen LogP contribution is 1.08. The van der Waals surface area contributed by atoms with E-state index in [1.54, 1.807) is 0 Å². The van der Waals surface area contributed by atoms with Crippen molar-refractivity contribution in [3.8, 4) is 0 Å². The first-order chi connectivity index (χ1) is 4.41. The topological polar surface area (TPSA) is 40.5 Å². The Labute approximate surface area is 58.2 Å². The fourth-order valence-corrected chi connectivity index (χ4v) is 0. The Morgan fingerprint density at radius 3 is 0.667 bits per heavy atom. The van der Waals surface area contributed by atoms with Crippen LogP contribution >= 0.6 is 0 Å². The van der Waals surface area contributed by atoms with Crippen LogP contribution in [0.1, 0.15) is 0 Å². The summed E-state index contributed by atoms with van der Waals surface area (Å²) in [5, 5.41) is 14.0. The van der Waals surface area contributed by atoms with Crippen molar-refractivity contribution in [2.45, 2.75) is 0 Å². The highest BCUT2D eigenvalue weighted by Gasteiger charge is 1.51. The minimum atomic E-state index is 0. The molecule has 0 aliphatic carbocycles. The largest absolute Gasteiger partial charge is 0.482 e. The normalized spacial score (nSPS) is 2.89. The van der Waals surface area contributed by atoms with Crippen molar-refractivity contribution in [3.63, 3.8) is 0 Å². The molecule has 3 heteroatoms. The second-order valence-corrected chi connectivity index (χ2v) is 0.115. The molecule has 0 aliphatic heterocycles. The molecule has 0 saturated heterocycles. The second-order valence-electron chi connectivity index (χ2n) is 0.115. The molecule has 0 rings (SSSR count). The van der Waals surface area contributed by atoms with Crippen molar-refractivity contribution < 1.29 is 10.0 Å². The molecule has 2 N–H and O–H groups in total. The van der Waals surface area contributed by atoms with Gasteiger partial charge in [-0.25, -0.2) is 0 Å². The zero-order valence-corrected chi connectivity index (χ0v) is 5.71. The highest BCUT2D eigenvalue weighted by molar-refractivity contribution is 6.13. The first-order valence-corrected chi connectivity index (χ1v) is 2.02. The zero-order chi connectivity index (χ0) is 8.71. The molecule has 0 aromatic carbocycles. The smallest absolute Gasteiger partial charge is 0.429 e. The summed E-state index contributed by atoms with van der Waals surface area (Å²) in [4.78, 5) is 0. The zero-order valence-electron chi connectivity index (χ0n) is 5.71. The molecule has 2 nitrogen and oxygen atoms in total. The summed E-state index contributed by atoms with van der Waals surface area (Å²) >= 11 is 0. The molecule has 1 radical (unpaired) electrons. The van der Waals surface area contributed by atoms with Crippen LogP contribution in [-0.4, -0.2) is 17.7 Å². The van der Waals surface area contributed by atoms with Crippen LogP contribution in [0.2, 0.25) is 0 Å². The molecule has 0 aromatic heterocycles. The van der Waals surface area contributed by atoms with Gasteiger partial charge in [0.25, 0.3) is 0 Å². The lowest BCUT2D eigenvalue weighted by Crippen LogP contribution is -1.75. The minimum absolute atomic E-state index is 0. The second kappa shape index (κ2) is 6600. The van der Waals surface area contributed by atoms with E-state index in [1.165, 1.54) is 0 Å². The van der Waals surface area contributed by atoms with Crippen LogP contribution in [0, 0.1) is 0 Å². The molecule has 0 unspecified atom stereocenters. The van der Waals surface area contributed by atoms with Crippen LogP contribution < -0.4 is 0 Å². The summed E-state index contributed by atoms with van der Waals surface area (Å²) < 4.78 is 0. The van der Waals surface area contributed by atoms with Gasteiger partial charge in [0.05, 0.1) is 0 Å². The van der Waals surface area contributed by atoms with E-state index < -0.39 is 0 Å². The van der Waals surface area contributed by atoms with Gasteiger partial charge in [-0.05, 0) is 0 Å². The first kappa shape index (κ1) is 24.1. The van der Waals surface area contributed by atoms with Crippen LogP contribution in [0.5, 0.6) is 0 Å². The summed E-state index contributed by atoms with van der Waals surface area (Å²) in [6.45, 7) is 18.0. The third-order valence-corrected chi connectivity index (χ3v) is 0. The lowest BCUT2D eigenvalue weighted by atomic mass is 10.5. The predicted octanol–water partition coefficient (Wildman–Crippen LogP) is 0.912. The number of rotatable bonds is 0. The first-order valence-electron chi connectivity index (χ1n) is 2.02. The van der Waals surface area contributed by atoms with E-state index in [-0.39, 0.29) is 7.69 Å². The molecular formula is C6H14BO2. The predicted molar refractivity (Wildman–Crippen MR) is 44.0 cm³/mol. The van der Waals surface area contributed by atoms with Crippen LogP contribution in [0.4, 0.5) is 0 Å². The van der Waals surface area contributed by atoms with E-state index in [0.29, 0.717) is 0 Å². The quantitative estimate of drug-likeness (QED) is 0.377.